The molecule has 2 aromatic heterocycles. The molecule has 0 radical (unpaired) electrons. The summed E-state index contributed by atoms with van der Waals surface area (Å²) in [5.41, 5.74) is 7.34. The highest BCUT2D eigenvalue weighted by atomic mass is 32.2. The highest BCUT2D eigenvalue weighted by Crippen LogP contribution is 2.19. The van der Waals surface area contributed by atoms with Gasteiger partial charge in [0.15, 0.2) is 10.3 Å². The van der Waals surface area contributed by atoms with Crippen molar-refractivity contribution >= 4 is 11.8 Å². The molecule has 0 amide bonds. The number of aromatic nitrogens is 4. The van der Waals surface area contributed by atoms with Gasteiger partial charge in [0.1, 0.15) is 0 Å². The third kappa shape index (κ3) is 2.74. The first-order valence-electron chi connectivity index (χ1n) is 4.76. The second kappa shape index (κ2) is 5.00. The molecule has 0 aromatic carbocycles. The smallest absolute Gasteiger partial charge is 0.195 e. The number of rotatable bonds is 3. The van der Waals surface area contributed by atoms with Crippen LogP contribution >= 0.6 is 11.8 Å². The Morgan fingerprint density at radius 1 is 1.19 bits per heavy atom. The van der Waals surface area contributed by atoms with Crippen LogP contribution in [0.4, 0.5) is 0 Å². The summed E-state index contributed by atoms with van der Waals surface area (Å²) in [6.07, 6.45) is 5.22. The van der Waals surface area contributed by atoms with E-state index in [0.29, 0.717) is 16.9 Å². The van der Waals surface area contributed by atoms with Crippen molar-refractivity contribution in [3.63, 3.8) is 0 Å². The molecule has 0 saturated carbocycles. The molecule has 0 bridgehead atoms. The Labute approximate surface area is 97.6 Å². The van der Waals surface area contributed by atoms with Crippen LogP contribution in [0, 0.1) is 6.92 Å². The fourth-order valence-corrected chi connectivity index (χ4v) is 1.70. The van der Waals surface area contributed by atoms with Gasteiger partial charge in [-0.2, -0.15) is 0 Å². The largest absolute Gasteiger partial charge is 0.325 e. The SMILES string of the molecule is Cc1cnc(Sc2nccc(CN)n2)nc1. The molecule has 0 unspecified atom stereocenters. The van der Waals surface area contributed by atoms with Gasteiger partial charge in [0, 0.05) is 25.1 Å². The van der Waals surface area contributed by atoms with Gasteiger partial charge in [-0.25, -0.2) is 19.9 Å². The van der Waals surface area contributed by atoms with E-state index in [1.807, 2.05) is 6.92 Å². The molecule has 16 heavy (non-hydrogen) atoms. The van der Waals surface area contributed by atoms with Crippen molar-refractivity contribution in [1.82, 2.24) is 19.9 Å². The lowest BCUT2D eigenvalue weighted by Gasteiger charge is -2.00. The van der Waals surface area contributed by atoms with Crippen LogP contribution in [0.2, 0.25) is 0 Å². The summed E-state index contributed by atoms with van der Waals surface area (Å²) in [7, 11) is 0. The molecule has 0 aliphatic heterocycles. The minimum absolute atomic E-state index is 0.408. The first-order chi connectivity index (χ1) is 7.78. The minimum atomic E-state index is 0.408. The Morgan fingerprint density at radius 2 is 1.94 bits per heavy atom. The Morgan fingerprint density at radius 3 is 2.62 bits per heavy atom. The lowest BCUT2D eigenvalue weighted by Crippen LogP contribution is -2.01. The summed E-state index contributed by atoms with van der Waals surface area (Å²) in [5, 5.41) is 1.26. The lowest BCUT2D eigenvalue weighted by atomic mass is 10.4. The van der Waals surface area contributed by atoms with E-state index in [9.17, 15) is 0 Å². The third-order valence-corrected chi connectivity index (χ3v) is 2.61. The molecule has 0 aliphatic carbocycles. The quantitative estimate of drug-likeness (QED) is 0.802. The Kier molecular flexibility index (Phi) is 3.43. The third-order valence-electron chi connectivity index (χ3n) is 1.84. The van der Waals surface area contributed by atoms with Crippen LogP contribution in [0.1, 0.15) is 11.3 Å². The number of nitrogens with zero attached hydrogens (tertiary/aromatic N) is 4. The molecule has 5 nitrogen and oxygen atoms in total. The fraction of sp³-hybridized carbons (Fsp3) is 0.200. The number of hydrogen-bond acceptors (Lipinski definition) is 6. The predicted octanol–water partition coefficient (Wildman–Crippen LogP) is 1.18. The van der Waals surface area contributed by atoms with Gasteiger partial charge in [0.05, 0.1) is 5.69 Å². The number of hydrogen-bond donors (Lipinski definition) is 1. The van der Waals surface area contributed by atoms with E-state index in [2.05, 4.69) is 19.9 Å². The van der Waals surface area contributed by atoms with Crippen LogP contribution in [-0.2, 0) is 6.54 Å². The van der Waals surface area contributed by atoms with Crippen molar-refractivity contribution in [2.45, 2.75) is 23.8 Å². The van der Waals surface area contributed by atoms with E-state index < -0.39 is 0 Å². The lowest BCUT2D eigenvalue weighted by molar-refractivity contribution is 0.864. The molecular formula is C10H11N5S. The Hall–Kier alpha value is -1.53. The van der Waals surface area contributed by atoms with Crippen molar-refractivity contribution in [3.8, 4) is 0 Å². The van der Waals surface area contributed by atoms with E-state index >= 15 is 0 Å². The molecule has 2 rings (SSSR count). The van der Waals surface area contributed by atoms with Gasteiger partial charge in [-0.1, -0.05) is 0 Å². The monoisotopic (exact) mass is 233 g/mol. The van der Waals surface area contributed by atoms with Gasteiger partial charge in [-0.05, 0) is 30.3 Å². The standard InChI is InChI=1S/C10H11N5S/c1-7-5-13-9(14-6-7)16-10-12-3-2-8(4-11)15-10/h2-3,5-6H,4,11H2,1H3. The molecular weight excluding hydrogens is 222 g/mol. The van der Waals surface area contributed by atoms with Crippen LogP contribution in [0.15, 0.2) is 35.0 Å². The van der Waals surface area contributed by atoms with Crippen molar-refractivity contribution < 1.29 is 0 Å². The van der Waals surface area contributed by atoms with E-state index in [1.165, 1.54) is 11.8 Å². The predicted molar refractivity (Wildman–Crippen MR) is 60.8 cm³/mol. The molecule has 6 heteroatoms. The molecule has 2 aromatic rings. The first kappa shape index (κ1) is 11.0. The van der Waals surface area contributed by atoms with Gasteiger partial charge in [0.2, 0.25) is 0 Å². The summed E-state index contributed by atoms with van der Waals surface area (Å²) in [5.74, 6) is 0. The summed E-state index contributed by atoms with van der Waals surface area (Å²) in [6.45, 7) is 2.35. The van der Waals surface area contributed by atoms with Gasteiger partial charge in [0.25, 0.3) is 0 Å². The molecule has 2 N–H and O–H groups in total. The second-order valence-electron chi connectivity index (χ2n) is 3.18. The average Bonchev–Trinajstić information content (AvgIpc) is 2.32. The molecule has 82 valence electrons. The zero-order chi connectivity index (χ0) is 11.4. The summed E-state index contributed by atoms with van der Waals surface area (Å²) in [6, 6.07) is 1.79. The van der Waals surface area contributed by atoms with Crippen LogP contribution in [0.3, 0.4) is 0 Å². The topological polar surface area (TPSA) is 77.6 Å². The molecule has 0 aliphatic rings. The minimum Gasteiger partial charge on any atom is -0.325 e. The number of aryl methyl sites for hydroxylation is 1. The molecule has 0 atom stereocenters. The van der Waals surface area contributed by atoms with Crippen LogP contribution in [-0.4, -0.2) is 19.9 Å². The van der Waals surface area contributed by atoms with Crippen LogP contribution in [0.5, 0.6) is 0 Å². The molecule has 2 heterocycles. The van der Waals surface area contributed by atoms with Crippen molar-refractivity contribution in [2.75, 3.05) is 0 Å². The van der Waals surface area contributed by atoms with E-state index in [-0.39, 0.29) is 0 Å². The van der Waals surface area contributed by atoms with Gasteiger partial charge in [-0.15, -0.1) is 0 Å². The molecule has 0 spiro atoms. The maximum Gasteiger partial charge on any atom is 0.195 e. The van der Waals surface area contributed by atoms with Gasteiger partial charge < -0.3 is 5.73 Å². The molecule has 0 fully saturated rings. The first-order valence-corrected chi connectivity index (χ1v) is 5.58. The van der Waals surface area contributed by atoms with E-state index in [1.54, 1.807) is 24.7 Å². The second-order valence-corrected chi connectivity index (χ2v) is 4.11. The van der Waals surface area contributed by atoms with Crippen molar-refractivity contribution in [1.29, 1.82) is 0 Å². The summed E-state index contributed by atoms with van der Waals surface area (Å²) in [4.78, 5) is 16.7. The molecule has 0 saturated heterocycles. The van der Waals surface area contributed by atoms with E-state index in [0.717, 1.165) is 11.3 Å². The van der Waals surface area contributed by atoms with Crippen molar-refractivity contribution in [2.24, 2.45) is 5.73 Å². The Bertz CT molecular complexity index is 471. The average molecular weight is 233 g/mol. The fourth-order valence-electron chi connectivity index (χ4n) is 1.05. The van der Waals surface area contributed by atoms with E-state index in [4.69, 9.17) is 5.73 Å². The highest BCUT2D eigenvalue weighted by molar-refractivity contribution is 7.99. The van der Waals surface area contributed by atoms with Gasteiger partial charge >= 0.3 is 0 Å². The summed E-state index contributed by atoms with van der Waals surface area (Å²) >= 11 is 1.33. The maximum atomic E-state index is 5.50. The number of nitrogens with two attached hydrogens (primary N) is 1. The van der Waals surface area contributed by atoms with Crippen LogP contribution < -0.4 is 5.73 Å². The normalized spacial score (nSPS) is 10.4. The zero-order valence-electron chi connectivity index (χ0n) is 8.79. The maximum absolute atomic E-state index is 5.50. The van der Waals surface area contributed by atoms with Crippen LogP contribution in [0.25, 0.3) is 0 Å². The highest BCUT2D eigenvalue weighted by Gasteiger charge is 2.03. The van der Waals surface area contributed by atoms with Crippen molar-refractivity contribution in [3.05, 3.63) is 35.9 Å². The Balaban J connectivity index is 2.16. The van der Waals surface area contributed by atoms with Gasteiger partial charge in [-0.3, -0.25) is 0 Å². The summed E-state index contributed by atoms with van der Waals surface area (Å²) < 4.78 is 0. The zero-order valence-corrected chi connectivity index (χ0v) is 9.61.